The predicted molar refractivity (Wildman–Crippen MR) is 119 cm³/mol. The molecule has 0 aliphatic heterocycles. The van der Waals surface area contributed by atoms with E-state index < -0.39 is 0 Å². The molecule has 3 heterocycles. The summed E-state index contributed by atoms with van der Waals surface area (Å²) in [6.07, 6.45) is 2.23. The minimum atomic E-state index is -0.235. The summed E-state index contributed by atoms with van der Waals surface area (Å²) < 4.78 is 14.2. The van der Waals surface area contributed by atoms with Crippen molar-refractivity contribution in [3.8, 4) is 6.07 Å². The Morgan fingerprint density at radius 3 is 2.61 bits per heavy atom. The summed E-state index contributed by atoms with van der Waals surface area (Å²) in [7, 11) is 0. The number of benzene rings is 1. The Kier molecular flexibility index (Phi) is 5.50. The number of nitrogens with one attached hydrogen (secondary N) is 3. The van der Waals surface area contributed by atoms with Crippen LogP contribution in [0.15, 0.2) is 36.5 Å². The van der Waals surface area contributed by atoms with Gasteiger partial charge in [-0.3, -0.25) is 0 Å². The average Bonchev–Trinajstić information content (AvgIpc) is 3.08. The van der Waals surface area contributed by atoms with Gasteiger partial charge in [-0.1, -0.05) is 6.07 Å². The topological polar surface area (TPSA) is 102 Å². The summed E-state index contributed by atoms with van der Waals surface area (Å²) in [4.78, 5) is 16.2. The number of nitriles is 1. The second-order valence-electron chi connectivity index (χ2n) is 7.37. The van der Waals surface area contributed by atoms with Crippen LogP contribution in [0.1, 0.15) is 28.2 Å². The Hall–Kier alpha value is -3.99. The zero-order valence-corrected chi connectivity index (χ0v) is 17.5. The molecule has 1 aromatic carbocycles. The fourth-order valence-corrected chi connectivity index (χ4v) is 3.66. The maximum atomic E-state index is 14.2. The average molecular weight is 415 g/mol. The van der Waals surface area contributed by atoms with E-state index in [4.69, 9.17) is 5.26 Å². The molecule has 31 heavy (non-hydrogen) atoms. The van der Waals surface area contributed by atoms with Gasteiger partial charge >= 0.3 is 0 Å². The van der Waals surface area contributed by atoms with Crippen LogP contribution in [0, 0.1) is 37.9 Å². The van der Waals surface area contributed by atoms with Crippen LogP contribution in [0.5, 0.6) is 0 Å². The number of aromatic amines is 1. The van der Waals surface area contributed by atoms with Crippen molar-refractivity contribution in [2.75, 3.05) is 17.2 Å². The van der Waals surface area contributed by atoms with Crippen molar-refractivity contribution in [3.63, 3.8) is 0 Å². The lowest BCUT2D eigenvalue weighted by molar-refractivity contribution is 0.637. The molecule has 0 bridgehead atoms. The van der Waals surface area contributed by atoms with Gasteiger partial charge in [-0.2, -0.15) is 5.26 Å². The monoisotopic (exact) mass is 415 g/mol. The van der Waals surface area contributed by atoms with E-state index in [-0.39, 0.29) is 5.82 Å². The number of hydrogen-bond acceptors (Lipinski definition) is 6. The molecule has 0 atom stereocenters. The zero-order valence-electron chi connectivity index (χ0n) is 17.5. The molecule has 0 saturated heterocycles. The number of halogens is 1. The fourth-order valence-electron chi connectivity index (χ4n) is 3.66. The van der Waals surface area contributed by atoms with Gasteiger partial charge in [-0.15, -0.1) is 0 Å². The number of aromatic nitrogens is 4. The van der Waals surface area contributed by atoms with E-state index in [2.05, 4.69) is 30.6 Å². The van der Waals surface area contributed by atoms with Crippen molar-refractivity contribution >= 4 is 28.4 Å². The van der Waals surface area contributed by atoms with Crippen molar-refractivity contribution < 1.29 is 4.39 Å². The maximum absolute atomic E-state index is 14.2. The van der Waals surface area contributed by atoms with Crippen LogP contribution >= 0.6 is 0 Å². The molecule has 0 amide bonds. The van der Waals surface area contributed by atoms with Crippen LogP contribution in [0.2, 0.25) is 0 Å². The van der Waals surface area contributed by atoms with Crippen LogP contribution in [0.25, 0.3) is 10.9 Å². The molecule has 0 spiro atoms. The minimum Gasteiger partial charge on any atom is -0.370 e. The Morgan fingerprint density at radius 1 is 1.06 bits per heavy atom. The molecule has 0 fully saturated rings. The van der Waals surface area contributed by atoms with Gasteiger partial charge in [-0.05, 0) is 56.5 Å². The second-order valence-corrected chi connectivity index (χ2v) is 7.37. The summed E-state index contributed by atoms with van der Waals surface area (Å²) in [5.41, 5.74) is 4.18. The second kappa shape index (κ2) is 8.40. The number of pyridine rings is 1. The Morgan fingerprint density at radius 2 is 1.87 bits per heavy atom. The van der Waals surface area contributed by atoms with Gasteiger partial charge in [0.1, 0.15) is 35.2 Å². The molecule has 4 aromatic rings. The molecular formula is C23H22FN7. The molecule has 0 aliphatic rings. The zero-order chi connectivity index (χ0) is 22.0. The number of rotatable bonds is 6. The smallest absolute Gasteiger partial charge is 0.147 e. The molecule has 0 aliphatic carbocycles. The van der Waals surface area contributed by atoms with Gasteiger partial charge in [0, 0.05) is 29.9 Å². The normalized spacial score (nSPS) is 10.8. The van der Waals surface area contributed by atoms with E-state index >= 15 is 0 Å². The number of fused-ring (bicyclic) bond motifs is 1. The van der Waals surface area contributed by atoms with Gasteiger partial charge in [0.15, 0.2) is 0 Å². The van der Waals surface area contributed by atoms with E-state index in [1.165, 1.54) is 12.3 Å². The summed E-state index contributed by atoms with van der Waals surface area (Å²) >= 11 is 0. The predicted octanol–water partition coefficient (Wildman–Crippen LogP) is 4.69. The Bertz CT molecular complexity index is 1290. The van der Waals surface area contributed by atoms with Crippen molar-refractivity contribution in [2.24, 2.45) is 0 Å². The third-order valence-electron chi connectivity index (χ3n) is 5.10. The Balaban J connectivity index is 1.48. The Labute approximate surface area is 179 Å². The minimum absolute atomic E-state index is 0.235. The van der Waals surface area contributed by atoms with Crippen LogP contribution < -0.4 is 10.6 Å². The molecule has 0 saturated carbocycles. The lowest BCUT2D eigenvalue weighted by atomic mass is 10.0. The molecule has 3 N–H and O–H groups in total. The molecule has 8 heteroatoms. The summed E-state index contributed by atoms with van der Waals surface area (Å²) in [5.74, 6) is 2.26. The van der Waals surface area contributed by atoms with E-state index in [9.17, 15) is 4.39 Å². The highest BCUT2D eigenvalue weighted by Crippen LogP contribution is 2.28. The number of H-pyrrole nitrogens is 1. The lowest BCUT2D eigenvalue weighted by Gasteiger charge is -2.10. The van der Waals surface area contributed by atoms with Crippen molar-refractivity contribution in [3.05, 3.63) is 70.6 Å². The highest BCUT2D eigenvalue weighted by molar-refractivity contribution is 5.88. The van der Waals surface area contributed by atoms with Crippen molar-refractivity contribution in [1.29, 1.82) is 5.26 Å². The molecule has 3 aromatic heterocycles. The molecular weight excluding hydrogens is 393 g/mol. The number of anilines is 3. The molecule has 156 valence electrons. The highest BCUT2D eigenvalue weighted by Gasteiger charge is 2.14. The van der Waals surface area contributed by atoms with Gasteiger partial charge in [0.05, 0.1) is 11.1 Å². The molecule has 7 nitrogen and oxygen atoms in total. The van der Waals surface area contributed by atoms with Crippen molar-refractivity contribution in [2.45, 2.75) is 27.2 Å². The third kappa shape index (κ3) is 4.31. The molecule has 4 rings (SSSR count). The van der Waals surface area contributed by atoms with Gasteiger partial charge in [0.25, 0.3) is 0 Å². The quantitative estimate of drug-likeness (QED) is 0.422. The van der Waals surface area contributed by atoms with E-state index in [0.29, 0.717) is 40.9 Å². The first-order chi connectivity index (χ1) is 14.9. The van der Waals surface area contributed by atoms with Gasteiger partial charge < -0.3 is 15.6 Å². The summed E-state index contributed by atoms with van der Waals surface area (Å²) in [5, 5.41) is 16.3. The van der Waals surface area contributed by atoms with Crippen LogP contribution in [0.3, 0.4) is 0 Å². The highest BCUT2D eigenvalue weighted by atomic mass is 19.1. The number of nitrogens with zero attached hydrogens (tertiary/aromatic N) is 4. The molecule has 0 radical (unpaired) electrons. The SMILES string of the molecule is Cc1nc(NCCc2c(C)[nH]c3c(F)ccc(C)c23)cc(Nc2ccc(C#N)cn2)n1. The van der Waals surface area contributed by atoms with Crippen LogP contribution in [-0.4, -0.2) is 26.5 Å². The van der Waals surface area contributed by atoms with Gasteiger partial charge in [0.2, 0.25) is 0 Å². The molecule has 0 unspecified atom stereocenters. The number of hydrogen-bond donors (Lipinski definition) is 3. The van der Waals surface area contributed by atoms with Crippen molar-refractivity contribution in [1.82, 2.24) is 19.9 Å². The first kappa shape index (κ1) is 20.3. The lowest BCUT2D eigenvalue weighted by Crippen LogP contribution is -2.09. The van der Waals surface area contributed by atoms with E-state index in [1.54, 1.807) is 18.2 Å². The first-order valence-corrected chi connectivity index (χ1v) is 9.93. The summed E-state index contributed by atoms with van der Waals surface area (Å²) in [6, 6.07) is 10.6. The van der Waals surface area contributed by atoms with Crippen LogP contribution in [0.4, 0.5) is 21.8 Å². The maximum Gasteiger partial charge on any atom is 0.147 e. The van der Waals surface area contributed by atoms with Crippen LogP contribution in [-0.2, 0) is 6.42 Å². The third-order valence-corrected chi connectivity index (χ3v) is 5.10. The number of aryl methyl sites for hydroxylation is 3. The largest absolute Gasteiger partial charge is 0.370 e. The summed E-state index contributed by atoms with van der Waals surface area (Å²) in [6.45, 7) is 6.41. The standard InChI is InChI=1S/C23H22FN7/c1-13-4-6-18(24)23-22(13)17(14(2)28-23)8-9-26-20-10-21(30-15(3)29-20)31-19-7-5-16(11-25)12-27-19/h4-7,10,12,28H,8-9H2,1-3H3,(H2,26,27,29,30,31). The van der Waals surface area contributed by atoms with Gasteiger partial charge in [-0.25, -0.2) is 19.3 Å². The van der Waals surface area contributed by atoms with E-state index in [0.717, 1.165) is 28.6 Å². The fraction of sp³-hybridized carbons (Fsp3) is 0.217. The van der Waals surface area contributed by atoms with E-state index in [1.807, 2.05) is 32.9 Å². The first-order valence-electron chi connectivity index (χ1n) is 9.93.